The first-order valence-electron chi connectivity index (χ1n) is 5.80. The van der Waals surface area contributed by atoms with Crippen LogP contribution in [0.25, 0.3) is 0 Å². The van der Waals surface area contributed by atoms with Crippen molar-refractivity contribution in [3.05, 3.63) is 29.3 Å². The van der Waals surface area contributed by atoms with Gasteiger partial charge in [0.25, 0.3) is 0 Å². The lowest BCUT2D eigenvalue weighted by atomic mass is 10.1. The number of hydrogen-bond donors (Lipinski definition) is 2. The minimum Gasteiger partial charge on any atom is -0.320 e. The summed E-state index contributed by atoms with van der Waals surface area (Å²) in [7, 11) is -3.45. The third kappa shape index (κ3) is 3.84. The molecule has 3 N–H and O–H groups in total. The Kier molecular flexibility index (Phi) is 5.35. The summed E-state index contributed by atoms with van der Waals surface area (Å²) in [6.45, 7) is 4.36. The van der Waals surface area contributed by atoms with Crippen LogP contribution >= 0.6 is 0 Å². The number of nitrogens with two attached hydrogens (primary N) is 1. The van der Waals surface area contributed by atoms with Gasteiger partial charge in [0.15, 0.2) is 0 Å². The molecule has 1 rings (SSSR count). The van der Waals surface area contributed by atoms with Crippen LogP contribution in [-0.4, -0.2) is 21.5 Å². The van der Waals surface area contributed by atoms with E-state index in [9.17, 15) is 8.42 Å². The van der Waals surface area contributed by atoms with Crippen molar-refractivity contribution in [1.82, 2.24) is 4.72 Å². The quantitative estimate of drug-likeness (QED) is 0.798. The summed E-state index contributed by atoms with van der Waals surface area (Å²) in [4.78, 5) is 0.278. The molecular weight excluding hydrogens is 248 g/mol. The van der Waals surface area contributed by atoms with E-state index in [2.05, 4.69) is 16.6 Å². The second-order valence-corrected chi connectivity index (χ2v) is 5.62. The van der Waals surface area contributed by atoms with E-state index >= 15 is 0 Å². The second kappa shape index (κ2) is 6.55. The van der Waals surface area contributed by atoms with Gasteiger partial charge in [-0.25, -0.2) is 13.1 Å². The molecule has 1 aromatic carbocycles. The Bertz CT molecular complexity index is 568. The van der Waals surface area contributed by atoms with Crippen LogP contribution in [-0.2, 0) is 10.0 Å². The summed E-state index contributed by atoms with van der Waals surface area (Å²) >= 11 is 0. The summed E-state index contributed by atoms with van der Waals surface area (Å²) < 4.78 is 26.7. The highest BCUT2D eigenvalue weighted by molar-refractivity contribution is 7.89. The number of hydrogen-bond acceptors (Lipinski definition) is 3. The Morgan fingerprint density at radius 2 is 2.11 bits per heavy atom. The Hall–Kier alpha value is -1.35. The fourth-order valence-corrected chi connectivity index (χ4v) is 2.84. The lowest BCUT2D eigenvalue weighted by Gasteiger charge is -2.08. The molecular formula is C13H18N2O2S. The molecule has 5 heteroatoms. The van der Waals surface area contributed by atoms with E-state index in [1.807, 2.05) is 6.92 Å². The van der Waals surface area contributed by atoms with Crippen molar-refractivity contribution in [2.75, 3.05) is 13.1 Å². The van der Waals surface area contributed by atoms with Gasteiger partial charge in [-0.3, -0.25) is 0 Å². The van der Waals surface area contributed by atoms with Gasteiger partial charge in [-0.1, -0.05) is 24.8 Å². The van der Waals surface area contributed by atoms with Crippen LogP contribution in [0.2, 0.25) is 0 Å². The molecule has 0 aliphatic carbocycles. The van der Waals surface area contributed by atoms with Gasteiger partial charge in [0.2, 0.25) is 10.0 Å². The second-order valence-electron chi connectivity index (χ2n) is 3.88. The summed E-state index contributed by atoms with van der Waals surface area (Å²) in [5.74, 6) is 5.54. The van der Waals surface area contributed by atoms with Crippen molar-refractivity contribution in [3.8, 4) is 11.8 Å². The first-order chi connectivity index (χ1) is 8.51. The van der Waals surface area contributed by atoms with Crippen LogP contribution < -0.4 is 10.5 Å². The van der Waals surface area contributed by atoms with Gasteiger partial charge in [0, 0.05) is 12.1 Å². The van der Waals surface area contributed by atoms with Gasteiger partial charge in [-0.05, 0) is 31.0 Å². The van der Waals surface area contributed by atoms with Gasteiger partial charge < -0.3 is 5.73 Å². The fraction of sp³-hybridized carbons (Fsp3) is 0.385. The molecule has 0 aliphatic heterocycles. The highest BCUT2D eigenvalue weighted by Crippen LogP contribution is 2.16. The van der Waals surface area contributed by atoms with E-state index in [0.717, 1.165) is 6.42 Å². The summed E-state index contributed by atoms with van der Waals surface area (Å²) in [6.07, 6.45) is 0.755. The molecule has 0 spiro atoms. The fourth-order valence-electron chi connectivity index (χ4n) is 1.43. The Morgan fingerprint density at radius 1 is 1.39 bits per heavy atom. The molecule has 18 heavy (non-hydrogen) atoms. The highest BCUT2D eigenvalue weighted by Gasteiger charge is 2.16. The largest absolute Gasteiger partial charge is 0.320 e. The molecule has 1 aromatic rings. The van der Waals surface area contributed by atoms with Crippen LogP contribution in [0, 0.1) is 18.8 Å². The number of sulfonamides is 1. The minimum absolute atomic E-state index is 0.254. The molecule has 0 aromatic heterocycles. The molecule has 0 unspecified atom stereocenters. The van der Waals surface area contributed by atoms with Crippen LogP contribution in [0.5, 0.6) is 0 Å². The molecule has 0 bridgehead atoms. The Labute approximate surface area is 109 Å². The van der Waals surface area contributed by atoms with Crippen molar-refractivity contribution in [2.24, 2.45) is 5.73 Å². The number of rotatable bonds is 4. The third-order valence-electron chi connectivity index (χ3n) is 2.35. The molecule has 0 radical (unpaired) electrons. The van der Waals surface area contributed by atoms with Crippen LogP contribution in [0.4, 0.5) is 0 Å². The zero-order chi connectivity index (χ0) is 13.6. The number of benzene rings is 1. The Morgan fingerprint density at radius 3 is 2.72 bits per heavy atom. The average molecular weight is 266 g/mol. The lowest BCUT2D eigenvalue weighted by molar-refractivity contribution is 0.580. The topological polar surface area (TPSA) is 72.2 Å². The van der Waals surface area contributed by atoms with Gasteiger partial charge in [0.05, 0.1) is 11.4 Å². The monoisotopic (exact) mass is 266 g/mol. The summed E-state index contributed by atoms with van der Waals surface area (Å²) in [6, 6.07) is 5.12. The van der Waals surface area contributed by atoms with E-state index in [-0.39, 0.29) is 11.4 Å². The SMILES string of the molecule is CCCNS(=O)(=O)c1cc(C#CCN)ccc1C. The molecule has 0 heterocycles. The maximum Gasteiger partial charge on any atom is 0.240 e. The van der Waals surface area contributed by atoms with E-state index < -0.39 is 10.0 Å². The minimum atomic E-state index is -3.45. The van der Waals surface area contributed by atoms with Crippen LogP contribution in [0.1, 0.15) is 24.5 Å². The van der Waals surface area contributed by atoms with Crippen LogP contribution in [0.15, 0.2) is 23.1 Å². The molecule has 0 amide bonds. The van der Waals surface area contributed by atoms with Gasteiger partial charge in [-0.15, -0.1) is 0 Å². The number of nitrogens with one attached hydrogen (secondary N) is 1. The van der Waals surface area contributed by atoms with Gasteiger partial charge in [-0.2, -0.15) is 0 Å². The third-order valence-corrected chi connectivity index (χ3v) is 3.96. The van der Waals surface area contributed by atoms with Crippen molar-refractivity contribution in [1.29, 1.82) is 0 Å². The molecule has 0 fully saturated rings. The van der Waals surface area contributed by atoms with E-state index in [4.69, 9.17) is 5.73 Å². The van der Waals surface area contributed by atoms with Gasteiger partial charge >= 0.3 is 0 Å². The molecule has 0 saturated carbocycles. The first kappa shape index (κ1) is 14.7. The molecule has 4 nitrogen and oxygen atoms in total. The summed E-state index contributed by atoms with van der Waals surface area (Å²) in [5, 5.41) is 0. The molecule has 98 valence electrons. The van der Waals surface area contributed by atoms with Gasteiger partial charge in [0.1, 0.15) is 0 Å². The van der Waals surface area contributed by atoms with E-state index in [0.29, 0.717) is 17.7 Å². The lowest BCUT2D eigenvalue weighted by Crippen LogP contribution is -2.25. The van der Waals surface area contributed by atoms with E-state index in [1.165, 1.54) is 0 Å². The predicted molar refractivity (Wildman–Crippen MR) is 72.6 cm³/mol. The summed E-state index contributed by atoms with van der Waals surface area (Å²) in [5.41, 5.74) is 6.65. The van der Waals surface area contributed by atoms with Crippen molar-refractivity contribution in [2.45, 2.75) is 25.2 Å². The highest BCUT2D eigenvalue weighted by atomic mass is 32.2. The van der Waals surface area contributed by atoms with Crippen LogP contribution in [0.3, 0.4) is 0 Å². The van der Waals surface area contributed by atoms with Crippen molar-refractivity contribution < 1.29 is 8.42 Å². The normalized spacial score (nSPS) is 10.8. The first-order valence-corrected chi connectivity index (χ1v) is 7.29. The molecule has 0 saturated heterocycles. The number of aryl methyl sites for hydroxylation is 1. The Balaban J connectivity index is 3.15. The molecule has 0 aliphatic rings. The zero-order valence-corrected chi connectivity index (χ0v) is 11.5. The maximum atomic E-state index is 12.1. The van der Waals surface area contributed by atoms with Crippen molar-refractivity contribution >= 4 is 10.0 Å². The zero-order valence-electron chi connectivity index (χ0n) is 10.7. The average Bonchev–Trinajstić information content (AvgIpc) is 2.35. The predicted octanol–water partition coefficient (Wildman–Crippen LogP) is 0.994. The standard InChI is InChI=1S/C13H18N2O2S/c1-3-9-15-18(16,17)13-10-12(5-4-8-14)7-6-11(13)2/h6-7,10,15H,3,8-9,14H2,1-2H3. The maximum absolute atomic E-state index is 12.1. The molecule has 0 atom stereocenters. The smallest absolute Gasteiger partial charge is 0.240 e. The van der Waals surface area contributed by atoms with E-state index in [1.54, 1.807) is 25.1 Å². The van der Waals surface area contributed by atoms with Crippen molar-refractivity contribution in [3.63, 3.8) is 0 Å².